The van der Waals surface area contributed by atoms with E-state index in [1.807, 2.05) is 24.3 Å². The highest BCUT2D eigenvalue weighted by atomic mass is 16.5. The topological polar surface area (TPSA) is 64.3 Å². The normalized spacial score (nSPS) is 24.3. The van der Waals surface area contributed by atoms with Crippen LogP contribution in [0.4, 0.5) is 5.69 Å². The molecule has 3 N–H and O–H groups in total. The third-order valence-corrected chi connectivity index (χ3v) is 3.06. The van der Waals surface area contributed by atoms with E-state index >= 15 is 0 Å². The Morgan fingerprint density at radius 1 is 1.50 bits per heavy atom. The minimum absolute atomic E-state index is 0.105. The van der Waals surface area contributed by atoms with Crippen LogP contribution in [0, 0.1) is 5.92 Å². The van der Waals surface area contributed by atoms with Crippen molar-refractivity contribution >= 4 is 11.7 Å². The SMILES string of the molecule is COC(=O)[C@@H]1CNC[C@H]1c1cccc(N)c1. The monoisotopic (exact) mass is 220 g/mol. The van der Waals surface area contributed by atoms with E-state index in [1.165, 1.54) is 7.11 Å². The number of ether oxygens (including phenoxy) is 1. The summed E-state index contributed by atoms with van der Waals surface area (Å²) in [5, 5.41) is 3.21. The molecule has 0 bridgehead atoms. The van der Waals surface area contributed by atoms with E-state index in [0.29, 0.717) is 6.54 Å². The second-order valence-electron chi connectivity index (χ2n) is 4.06. The second kappa shape index (κ2) is 4.53. The summed E-state index contributed by atoms with van der Waals surface area (Å²) in [7, 11) is 1.43. The molecular weight excluding hydrogens is 204 g/mol. The number of nitrogens with two attached hydrogens (primary N) is 1. The number of carbonyl (C=O) groups excluding carboxylic acids is 1. The Morgan fingerprint density at radius 2 is 2.31 bits per heavy atom. The predicted molar refractivity (Wildman–Crippen MR) is 62.0 cm³/mol. The molecule has 2 rings (SSSR count). The summed E-state index contributed by atoms with van der Waals surface area (Å²) in [6.07, 6.45) is 0. The maximum absolute atomic E-state index is 11.6. The van der Waals surface area contributed by atoms with E-state index in [-0.39, 0.29) is 17.8 Å². The van der Waals surface area contributed by atoms with E-state index in [0.717, 1.165) is 17.8 Å². The standard InChI is InChI=1S/C12H16N2O2/c1-16-12(15)11-7-14-6-10(11)8-3-2-4-9(13)5-8/h2-5,10-11,14H,6-7,13H2,1H3/t10-,11+/m0/s1. The van der Waals surface area contributed by atoms with Gasteiger partial charge in [0.15, 0.2) is 0 Å². The average molecular weight is 220 g/mol. The Hall–Kier alpha value is -1.55. The first-order chi connectivity index (χ1) is 7.72. The fourth-order valence-electron chi connectivity index (χ4n) is 2.22. The van der Waals surface area contributed by atoms with Gasteiger partial charge in [-0.05, 0) is 17.7 Å². The van der Waals surface area contributed by atoms with Gasteiger partial charge in [0.05, 0.1) is 13.0 Å². The van der Waals surface area contributed by atoms with Gasteiger partial charge in [-0.2, -0.15) is 0 Å². The molecule has 0 radical (unpaired) electrons. The summed E-state index contributed by atoms with van der Waals surface area (Å²) in [5.74, 6) is -0.0971. The Kier molecular flexibility index (Phi) is 3.10. The number of carbonyl (C=O) groups is 1. The Balaban J connectivity index is 2.23. The number of nitrogens with one attached hydrogen (secondary N) is 1. The number of esters is 1. The van der Waals surface area contributed by atoms with Crippen LogP contribution < -0.4 is 11.1 Å². The quantitative estimate of drug-likeness (QED) is 0.570. The van der Waals surface area contributed by atoms with E-state index < -0.39 is 0 Å². The van der Waals surface area contributed by atoms with Crippen LogP contribution in [0.5, 0.6) is 0 Å². The number of anilines is 1. The highest BCUT2D eigenvalue weighted by Crippen LogP contribution is 2.29. The van der Waals surface area contributed by atoms with E-state index in [2.05, 4.69) is 5.32 Å². The number of benzene rings is 1. The highest BCUT2D eigenvalue weighted by molar-refractivity contribution is 5.74. The first-order valence-corrected chi connectivity index (χ1v) is 5.36. The number of methoxy groups -OCH3 is 1. The molecule has 0 aromatic heterocycles. The van der Waals surface area contributed by atoms with Crippen LogP contribution in [-0.2, 0) is 9.53 Å². The summed E-state index contributed by atoms with van der Waals surface area (Å²) in [6, 6.07) is 7.69. The van der Waals surface area contributed by atoms with Crippen molar-refractivity contribution in [2.75, 3.05) is 25.9 Å². The van der Waals surface area contributed by atoms with Gasteiger partial charge in [-0.25, -0.2) is 0 Å². The molecular formula is C12H16N2O2. The van der Waals surface area contributed by atoms with Gasteiger partial charge >= 0.3 is 5.97 Å². The molecule has 1 aliphatic rings. The largest absolute Gasteiger partial charge is 0.469 e. The summed E-state index contributed by atoms with van der Waals surface area (Å²) in [6.45, 7) is 1.47. The zero-order chi connectivity index (χ0) is 11.5. The Labute approximate surface area is 94.8 Å². The van der Waals surface area contributed by atoms with Crippen molar-refractivity contribution in [3.05, 3.63) is 29.8 Å². The van der Waals surface area contributed by atoms with Crippen LogP contribution in [0.2, 0.25) is 0 Å². The maximum Gasteiger partial charge on any atom is 0.310 e. The maximum atomic E-state index is 11.6. The average Bonchev–Trinajstić information content (AvgIpc) is 2.77. The van der Waals surface area contributed by atoms with Crippen molar-refractivity contribution in [3.63, 3.8) is 0 Å². The van der Waals surface area contributed by atoms with E-state index in [1.54, 1.807) is 0 Å². The summed E-state index contributed by atoms with van der Waals surface area (Å²) in [5.41, 5.74) is 7.57. The minimum Gasteiger partial charge on any atom is -0.469 e. The van der Waals surface area contributed by atoms with Crippen LogP contribution in [0.1, 0.15) is 11.5 Å². The van der Waals surface area contributed by atoms with Gasteiger partial charge < -0.3 is 15.8 Å². The summed E-state index contributed by atoms with van der Waals surface area (Å²) >= 11 is 0. The lowest BCUT2D eigenvalue weighted by atomic mass is 9.89. The van der Waals surface area contributed by atoms with Gasteiger partial charge in [-0.15, -0.1) is 0 Å². The van der Waals surface area contributed by atoms with Crippen molar-refractivity contribution < 1.29 is 9.53 Å². The number of rotatable bonds is 2. The van der Waals surface area contributed by atoms with Gasteiger partial charge in [-0.1, -0.05) is 12.1 Å². The van der Waals surface area contributed by atoms with Gasteiger partial charge in [0, 0.05) is 24.7 Å². The van der Waals surface area contributed by atoms with Crippen LogP contribution in [0.25, 0.3) is 0 Å². The summed E-state index contributed by atoms with van der Waals surface area (Å²) < 4.78 is 4.81. The molecule has 4 heteroatoms. The Morgan fingerprint density at radius 3 is 3.00 bits per heavy atom. The molecule has 16 heavy (non-hydrogen) atoms. The second-order valence-corrected chi connectivity index (χ2v) is 4.06. The first kappa shape index (κ1) is 11.0. The lowest BCUT2D eigenvalue weighted by molar-refractivity contribution is -0.145. The molecule has 4 nitrogen and oxygen atoms in total. The number of nitrogen functional groups attached to an aromatic ring is 1. The molecule has 0 amide bonds. The van der Waals surface area contributed by atoms with Crippen molar-refractivity contribution in [2.24, 2.45) is 5.92 Å². The van der Waals surface area contributed by atoms with Gasteiger partial charge in [0.25, 0.3) is 0 Å². The Bertz CT molecular complexity index is 392. The molecule has 0 spiro atoms. The van der Waals surface area contributed by atoms with Gasteiger partial charge in [0.1, 0.15) is 0 Å². The molecule has 1 aromatic carbocycles. The zero-order valence-corrected chi connectivity index (χ0v) is 9.27. The molecule has 0 aliphatic carbocycles. The van der Waals surface area contributed by atoms with E-state index in [4.69, 9.17) is 10.5 Å². The minimum atomic E-state index is -0.155. The fourth-order valence-corrected chi connectivity index (χ4v) is 2.22. The summed E-state index contributed by atoms with van der Waals surface area (Å²) in [4.78, 5) is 11.6. The van der Waals surface area contributed by atoms with Gasteiger partial charge in [-0.3, -0.25) is 4.79 Å². The fraction of sp³-hybridized carbons (Fsp3) is 0.417. The van der Waals surface area contributed by atoms with Crippen molar-refractivity contribution in [1.82, 2.24) is 5.32 Å². The molecule has 2 atom stereocenters. The smallest absolute Gasteiger partial charge is 0.310 e. The van der Waals surface area contributed by atoms with E-state index in [9.17, 15) is 4.79 Å². The molecule has 1 aromatic rings. The highest BCUT2D eigenvalue weighted by Gasteiger charge is 2.34. The molecule has 1 heterocycles. The molecule has 1 fully saturated rings. The van der Waals surface area contributed by atoms with Crippen molar-refractivity contribution in [2.45, 2.75) is 5.92 Å². The third kappa shape index (κ3) is 2.02. The molecule has 0 saturated carbocycles. The number of hydrogen-bond donors (Lipinski definition) is 2. The molecule has 1 saturated heterocycles. The lowest BCUT2D eigenvalue weighted by Crippen LogP contribution is -2.22. The number of hydrogen-bond acceptors (Lipinski definition) is 4. The van der Waals surface area contributed by atoms with Crippen LogP contribution >= 0.6 is 0 Å². The third-order valence-electron chi connectivity index (χ3n) is 3.06. The predicted octanol–water partition coefficient (Wildman–Crippen LogP) is 0.745. The molecule has 86 valence electrons. The van der Waals surface area contributed by atoms with Crippen LogP contribution in [0.15, 0.2) is 24.3 Å². The zero-order valence-electron chi connectivity index (χ0n) is 9.27. The lowest BCUT2D eigenvalue weighted by Gasteiger charge is -2.16. The molecule has 1 aliphatic heterocycles. The van der Waals surface area contributed by atoms with Crippen LogP contribution in [0.3, 0.4) is 0 Å². The van der Waals surface area contributed by atoms with Gasteiger partial charge in [0.2, 0.25) is 0 Å². The first-order valence-electron chi connectivity index (χ1n) is 5.36. The van der Waals surface area contributed by atoms with Crippen molar-refractivity contribution in [1.29, 1.82) is 0 Å². The van der Waals surface area contributed by atoms with Crippen molar-refractivity contribution in [3.8, 4) is 0 Å². The van der Waals surface area contributed by atoms with Crippen LogP contribution in [-0.4, -0.2) is 26.2 Å². The molecule has 0 unspecified atom stereocenters.